The van der Waals surface area contributed by atoms with Crippen molar-refractivity contribution in [3.05, 3.63) is 58.5 Å². The Bertz CT molecular complexity index is 815. The molecule has 2 atom stereocenters. The van der Waals surface area contributed by atoms with Gasteiger partial charge in [-0.05, 0) is 49.1 Å². The molecule has 1 aliphatic rings. The van der Waals surface area contributed by atoms with Gasteiger partial charge in [-0.15, -0.1) is 0 Å². The summed E-state index contributed by atoms with van der Waals surface area (Å²) in [6.07, 6.45) is 0.448. The van der Waals surface area contributed by atoms with Crippen molar-refractivity contribution in [1.29, 1.82) is 0 Å². The van der Waals surface area contributed by atoms with Crippen LogP contribution in [0.25, 0.3) is 0 Å². The van der Waals surface area contributed by atoms with Crippen LogP contribution < -0.4 is 5.32 Å². The first-order valence-corrected chi connectivity index (χ1v) is 7.42. The Morgan fingerprint density at radius 1 is 1.33 bits per heavy atom. The lowest BCUT2D eigenvalue weighted by molar-refractivity contribution is -0.122. The zero-order chi connectivity index (χ0) is 17.4. The quantitative estimate of drug-likeness (QED) is 0.880. The van der Waals surface area contributed by atoms with Crippen molar-refractivity contribution in [3.63, 3.8) is 0 Å². The molecule has 0 saturated heterocycles. The molecule has 0 radical (unpaired) electrons. The number of furan rings is 1. The first kappa shape index (κ1) is 16.2. The average Bonchev–Trinajstić information content (AvgIpc) is 3.23. The minimum Gasteiger partial charge on any atom is -0.478 e. The van der Waals surface area contributed by atoms with Gasteiger partial charge < -0.3 is 14.8 Å². The molecular formula is C17H15F2NO4. The third-order valence-electron chi connectivity index (χ3n) is 4.12. The van der Waals surface area contributed by atoms with Crippen LogP contribution in [0.15, 0.2) is 28.7 Å². The van der Waals surface area contributed by atoms with Crippen molar-refractivity contribution in [2.24, 2.45) is 5.92 Å². The van der Waals surface area contributed by atoms with E-state index in [4.69, 9.17) is 9.52 Å². The molecule has 0 bridgehead atoms. The summed E-state index contributed by atoms with van der Waals surface area (Å²) in [4.78, 5) is 23.0. The summed E-state index contributed by atoms with van der Waals surface area (Å²) >= 11 is 0. The van der Waals surface area contributed by atoms with E-state index in [0.717, 1.165) is 18.2 Å². The highest BCUT2D eigenvalue weighted by atomic mass is 19.1. The molecule has 5 nitrogen and oxygen atoms in total. The number of carbonyl (C=O) groups is 2. The van der Waals surface area contributed by atoms with E-state index < -0.39 is 23.5 Å². The number of aryl methyl sites for hydroxylation is 1. The summed E-state index contributed by atoms with van der Waals surface area (Å²) in [5.74, 6) is -2.63. The predicted octanol–water partition coefficient (Wildman–Crippen LogP) is 2.98. The Morgan fingerprint density at radius 3 is 2.75 bits per heavy atom. The number of amides is 1. The third-order valence-corrected chi connectivity index (χ3v) is 4.12. The second kappa shape index (κ2) is 6.07. The summed E-state index contributed by atoms with van der Waals surface area (Å²) in [5, 5.41) is 11.6. The van der Waals surface area contributed by atoms with Gasteiger partial charge in [-0.1, -0.05) is 0 Å². The Labute approximate surface area is 136 Å². The van der Waals surface area contributed by atoms with Gasteiger partial charge in [-0.3, -0.25) is 4.79 Å². The van der Waals surface area contributed by atoms with E-state index in [1.165, 1.54) is 13.0 Å². The maximum Gasteiger partial charge on any atom is 0.339 e. The topological polar surface area (TPSA) is 79.5 Å². The van der Waals surface area contributed by atoms with Gasteiger partial charge >= 0.3 is 5.97 Å². The molecule has 1 saturated carbocycles. The molecule has 2 aromatic rings. The molecule has 0 spiro atoms. The first-order chi connectivity index (χ1) is 11.4. The van der Waals surface area contributed by atoms with E-state index >= 15 is 0 Å². The Kier molecular flexibility index (Phi) is 4.09. The second-order valence-electron chi connectivity index (χ2n) is 5.82. The van der Waals surface area contributed by atoms with Crippen molar-refractivity contribution in [2.45, 2.75) is 25.8 Å². The van der Waals surface area contributed by atoms with Gasteiger partial charge in [0.15, 0.2) is 0 Å². The Balaban J connectivity index is 1.60. The van der Waals surface area contributed by atoms with Crippen molar-refractivity contribution >= 4 is 11.9 Å². The lowest BCUT2D eigenvalue weighted by Gasteiger charge is -2.04. The highest BCUT2D eigenvalue weighted by molar-refractivity contribution is 5.89. The normalized spacial score (nSPS) is 19.1. The molecule has 0 aliphatic heterocycles. The van der Waals surface area contributed by atoms with E-state index in [-0.39, 0.29) is 35.3 Å². The van der Waals surface area contributed by atoms with Gasteiger partial charge in [0.05, 0.1) is 6.54 Å². The van der Waals surface area contributed by atoms with Gasteiger partial charge in [0, 0.05) is 5.92 Å². The summed E-state index contributed by atoms with van der Waals surface area (Å²) in [6.45, 7) is 1.57. The van der Waals surface area contributed by atoms with E-state index in [1.807, 2.05) is 0 Å². The van der Waals surface area contributed by atoms with Crippen LogP contribution in [0.2, 0.25) is 0 Å². The molecule has 1 heterocycles. The highest BCUT2D eigenvalue weighted by Crippen LogP contribution is 2.48. The number of benzene rings is 1. The minimum absolute atomic E-state index is 0.0435. The lowest BCUT2D eigenvalue weighted by Crippen LogP contribution is -2.24. The van der Waals surface area contributed by atoms with Crippen LogP contribution in [0.5, 0.6) is 0 Å². The standard InChI is InChI=1S/C17H15F2NO4/c1-8-11(17(22)23)5-10(24-8)7-20-16(21)14-6-12(14)13-4-9(18)2-3-15(13)19/h2-5,12,14H,6-7H2,1H3,(H,20,21)(H,22,23). The van der Waals surface area contributed by atoms with Crippen LogP contribution in [-0.4, -0.2) is 17.0 Å². The molecule has 7 heteroatoms. The first-order valence-electron chi connectivity index (χ1n) is 7.42. The fourth-order valence-corrected chi connectivity index (χ4v) is 2.78. The minimum atomic E-state index is -1.10. The van der Waals surface area contributed by atoms with Gasteiger partial charge in [0.2, 0.25) is 5.91 Å². The Hall–Kier alpha value is -2.70. The van der Waals surface area contributed by atoms with E-state index in [2.05, 4.69) is 5.32 Å². The van der Waals surface area contributed by atoms with Crippen LogP contribution in [0.1, 0.15) is 39.8 Å². The number of aromatic carboxylic acids is 1. The maximum atomic E-state index is 13.7. The number of carboxylic acid groups (broad SMARTS) is 1. The van der Waals surface area contributed by atoms with E-state index in [1.54, 1.807) is 0 Å². The van der Waals surface area contributed by atoms with Crippen molar-refractivity contribution in [1.82, 2.24) is 5.32 Å². The molecule has 3 rings (SSSR count). The fraction of sp³-hybridized carbons (Fsp3) is 0.294. The largest absolute Gasteiger partial charge is 0.478 e. The zero-order valence-corrected chi connectivity index (χ0v) is 12.8. The highest BCUT2D eigenvalue weighted by Gasteiger charge is 2.45. The van der Waals surface area contributed by atoms with Gasteiger partial charge in [0.1, 0.15) is 28.7 Å². The monoisotopic (exact) mass is 335 g/mol. The molecule has 2 unspecified atom stereocenters. The second-order valence-corrected chi connectivity index (χ2v) is 5.82. The SMILES string of the molecule is Cc1oc(CNC(=O)C2CC2c2cc(F)ccc2F)cc1C(=O)O. The number of halogens is 2. The molecule has 1 aromatic heterocycles. The molecule has 1 aliphatic carbocycles. The summed E-state index contributed by atoms with van der Waals surface area (Å²) < 4.78 is 32.2. The van der Waals surface area contributed by atoms with Crippen LogP contribution in [0.3, 0.4) is 0 Å². The fourth-order valence-electron chi connectivity index (χ4n) is 2.78. The molecule has 1 fully saturated rings. The number of carbonyl (C=O) groups excluding carboxylic acids is 1. The number of nitrogens with one attached hydrogen (secondary N) is 1. The number of carboxylic acids is 1. The van der Waals surface area contributed by atoms with Crippen molar-refractivity contribution in [2.75, 3.05) is 0 Å². The molecule has 24 heavy (non-hydrogen) atoms. The maximum absolute atomic E-state index is 13.7. The molecule has 126 valence electrons. The van der Waals surface area contributed by atoms with Gasteiger partial charge in [-0.2, -0.15) is 0 Å². The van der Waals surface area contributed by atoms with E-state index in [0.29, 0.717) is 12.2 Å². The summed E-state index contributed by atoms with van der Waals surface area (Å²) in [7, 11) is 0. The van der Waals surface area contributed by atoms with Crippen LogP contribution >= 0.6 is 0 Å². The number of hydrogen-bond acceptors (Lipinski definition) is 3. The molecule has 1 aromatic carbocycles. The summed E-state index contributed by atoms with van der Waals surface area (Å²) in [6, 6.07) is 4.56. The summed E-state index contributed by atoms with van der Waals surface area (Å²) in [5.41, 5.74) is 0.252. The third kappa shape index (κ3) is 3.15. The van der Waals surface area contributed by atoms with Crippen molar-refractivity contribution < 1.29 is 27.9 Å². The smallest absolute Gasteiger partial charge is 0.339 e. The van der Waals surface area contributed by atoms with Gasteiger partial charge in [0.25, 0.3) is 0 Å². The average molecular weight is 335 g/mol. The zero-order valence-electron chi connectivity index (χ0n) is 12.8. The predicted molar refractivity (Wildman–Crippen MR) is 79.5 cm³/mol. The molecule has 1 amide bonds. The van der Waals surface area contributed by atoms with Crippen molar-refractivity contribution in [3.8, 4) is 0 Å². The van der Waals surface area contributed by atoms with Gasteiger partial charge in [-0.25, -0.2) is 13.6 Å². The number of hydrogen-bond donors (Lipinski definition) is 2. The van der Waals surface area contributed by atoms with Crippen LogP contribution in [-0.2, 0) is 11.3 Å². The lowest BCUT2D eigenvalue weighted by atomic mass is 10.1. The van der Waals surface area contributed by atoms with E-state index in [9.17, 15) is 18.4 Å². The number of rotatable bonds is 5. The molecule has 2 N–H and O–H groups in total. The Morgan fingerprint density at radius 2 is 2.08 bits per heavy atom. The molecular weight excluding hydrogens is 320 g/mol. The van der Waals surface area contributed by atoms with Crippen LogP contribution in [0, 0.1) is 24.5 Å². The van der Waals surface area contributed by atoms with Crippen LogP contribution in [0.4, 0.5) is 8.78 Å².